The van der Waals surface area contributed by atoms with Gasteiger partial charge in [-0.15, -0.1) is 0 Å². The number of carbonyl (C=O) groups is 1. The molecule has 1 atom stereocenters. The number of nitrogens with zero attached hydrogens (tertiary/aromatic N) is 2. The van der Waals surface area contributed by atoms with Gasteiger partial charge in [0.15, 0.2) is 5.82 Å². The van der Waals surface area contributed by atoms with Gasteiger partial charge in [-0.25, -0.2) is 4.98 Å². The Labute approximate surface area is 140 Å². The smallest absolute Gasteiger partial charge is 0.290 e. The molecule has 3 heterocycles. The molecular weight excluding hydrogens is 308 g/mol. The van der Waals surface area contributed by atoms with Gasteiger partial charge in [-0.3, -0.25) is 9.59 Å². The molecule has 1 aliphatic heterocycles. The highest BCUT2D eigenvalue weighted by Crippen LogP contribution is 2.15. The summed E-state index contributed by atoms with van der Waals surface area (Å²) >= 11 is 0. The lowest BCUT2D eigenvalue weighted by atomic mass is 10.1. The zero-order chi connectivity index (χ0) is 16.9. The van der Waals surface area contributed by atoms with E-state index in [2.05, 4.69) is 15.3 Å². The van der Waals surface area contributed by atoms with E-state index in [0.717, 1.165) is 30.9 Å². The van der Waals surface area contributed by atoms with Crippen LogP contribution in [0.15, 0.2) is 33.7 Å². The topological polar surface area (TPSA) is 91.2 Å². The average molecular weight is 330 g/mol. The molecule has 2 aromatic heterocycles. The standard InChI is InChI=1S/C17H22N4O3/c1-12-4-5-14(24-12)6-7-15(22)20-13-3-2-10-21(11-13)16-17(23)19-9-8-18-16/h4-5,8-9,13H,2-3,6-7,10-11H2,1H3,(H,19,23)(H,20,22)/t13-/m0/s1. The highest BCUT2D eigenvalue weighted by Gasteiger charge is 2.23. The lowest BCUT2D eigenvalue weighted by Gasteiger charge is -2.33. The first-order valence-corrected chi connectivity index (χ1v) is 8.25. The predicted molar refractivity (Wildman–Crippen MR) is 90.0 cm³/mol. The lowest BCUT2D eigenvalue weighted by Crippen LogP contribution is -2.49. The molecule has 3 rings (SSSR count). The van der Waals surface area contributed by atoms with Crippen molar-refractivity contribution in [3.8, 4) is 0 Å². The first-order chi connectivity index (χ1) is 11.6. The Hall–Kier alpha value is -2.57. The Morgan fingerprint density at radius 3 is 3.12 bits per heavy atom. The van der Waals surface area contributed by atoms with Crippen molar-refractivity contribution in [2.75, 3.05) is 18.0 Å². The van der Waals surface area contributed by atoms with Crippen molar-refractivity contribution < 1.29 is 9.21 Å². The lowest BCUT2D eigenvalue weighted by molar-refractivity contribution is -0.121. The van der Waals surface area contributed by atoms with E-state index in [-0.39, 0.29) is 17.5 Å². The fourth-order valence-corrected chi connectivity index (χ4v) is 3.01. The summed E-state index contributed by atoms with van der Waals surface area (Å²) in [5, 5.41) is 3.05. The van der Waals surface area contributed by atoms with E-state index in [1.807, 2.05) is 24.0 Å². The molecule has 0 saturated carbocycles. The summed E-state index contributed by atoms with van der Waals surface area (Å²) in [5.41, 5.74) is -0.197. The third kappa shape index (κ3) is 4.04. The molecule has 1 amide bonds. The zero-order valence-electron chi connectivity index (χ0n) is 13.7. The molecule has 1 aliphatic rings. The van der Waals surface area contributed by atoms with Gasteiger partial charge in [-0.1, -0.05) is 0 Å². The normalized spacial score (nSPS) is 17.7. The van der Waals surface area contributed by atoms with Crippen LogP contribution >= 0.6 is 0 Å². The van der Waals surface area contributed by atoms with Gasteiger partial charge >= 0.3 is 0 Å². The Kier molecular flexibility index (Phi) is 4.98. The number of anilines is 1. The van der Waals surface area contributed by atoms with Crippen LogP contribution < -0.4 is 15.8 Å². The molecule has 0 radical (unpaired) electrons. The van der Waals surface area contributed by atoms with Crippen LogP contribution in [0.4, 0.5) is 5.82 Å². The monoisotopic (exact) mass is 330 g/mol. The minimum absolute atomic E-state index is 0.00540. The molecule has 2 aromatic rings. The van der Waals surface area contributed by atoms with Crippen LogP contribution in [-0.2, 0) is 11.2 Å². The summed E-state index contributed by atoms with van der Waals surface area (Å²) in [7, 11) is 0. The average Bonchev–Trinajstić information content (AvgIpc) is 2.99. The van der Waals surface area contributed by atoms with E-state index in [0.29, 0.717) is 25.2 Å². The fraction of sp³-hybridized carbons (Fsp3) is 0.471. The van der Waals surface area contributed by atoms with E-state index in [1.54, 1.807) is 6.20 Å². The van der Waals surface area contributed by atoms with Gasteiger partial charge in [0.2, 0.25) is 5.91 Å². The first-order valence-electron chi connectivity index (χ1n) is 8.25. The molecule has 0 spiro atoms. The molecule has 0 unspecified atom stereocenters. The number of H-pyrrole nitrogens is 1. The second-order valence-electron chi connectivity index (χ2n) is 6.11. The fourth-order valence-electron chi connectivity index (χ4n) is 3.01. The Bertz CT molecular complexity index is 752. The summed E-state index contributed by atoms with van der Waals surface area (Å²) < 4.78 is 5.48. The predicted octanol–water partition coefficient (Wildman–Crippen LogP) is 1.39. The highest BCUT2D eigenvalue weighted by molar-refractivity contribution is 5.76. The molecule has 1 fully saturated rings. The van der Waals surface area contributed by atoms with Crippen molar-refractivity contribution in [3.63, 3.8) is 0 Å². The van der Waals surface area contributed by atoms with Crippen molar-refractivity contribution in [2.24, 2.45) is 0 Å². The third-order valence-electron chi connectivity index (χ3n) is 4.17. The number of furan rings is 1. The molecular formula is C17H22N4O3. The van der Waals surface area contributed by atoms with Gasteiger partial charge in [-0.05, 0) is 31.9 Å². The second kappa shape index (κ2) is 7.33. The molecule has 7 heteroatoms. The minimum Gasteiger partial charge on any atom is -0.466 e. The van der Waals surface area contributed by atoms with Crippen LogP contribution in [0.2, 0.25) is 0 Å². The van der Waals surface area contributed by atoms with Gasteiger partial charge in [-0.2, -0.15) is 0 Å². The maximum absolute atomic E-state index is 12.1. The van der Waals surface area contributed by atoms with Crippen molar-refractivity contribution in [1.29, 1.82) is 0 Å². The Morgan fingerprint density at radius 1 is 1.50 bits per heavy atom. The van der Waals surface area contributed by atoms with Gasteiger partial charge in [0, 0.05) is 44.4 Å². The summed E-state index contributed by atoms with van der Waals surface area (Å²) in [6, 6.07) is 3.83. The highest BCUT2D eigenvalue weighted by atomic mass is 16.3. The first kappa shape index (κ1) is 16.3. The van der Waals surface area contributed by atoms with Crippen molar-refractivity contribution in [3.05, 3.63) is 46.4 Å². The Morgan fingerprint density at radius 2 is 2.38 bits per heavy atom. The van der Waals surface area contributed by atoms with Crippen LogP contribution in [0.3, 0.4) is 0 Å². The third-order valence-corrected chi connectivity index (χ3v) is 4.17. The molecule has 2 N–H and O–H groups in total. The van der Waals surface area contributed by atoms with Crippen LogP contribution in [0.5, 0.6) is 0 Å². The van der Waals surface area contributed by atoms with E-state index >= 15 is 0 Å². The number of nitrogens with one attached hydrogen (secondary N) is 2. The van der Waals surface area contributed by atoms with Crippen molar-refractivity contribution >= 4 is 11.7 Å². The number of hydrogen-bond donors (Lipinski definition) is 2. The maximum Gasteiger partial charge on any atom is 0.290 e. The number of aromatic nitrogens is 2. The molecule has 1 saturated heterocycles. The number of aromatic amines is 1. The zero-order valence-corrected chi connectivity index (χ0v) is 13.7. The molecule has 128 valence electrons. The summed E-state index contributed by atoms with van der Waals surface area (Å²) in [4.78, 5) is 32.7. The quantitative estimate of drug-likeness (QED) is 0.864. The molecule has 0 aliphatic carbocycles. The number of amides is 1. The SMILES string of the molecule is Cc1ccc(CCC(=O)N[C@H]2CCCN(c3ncc[nH]c3=O)C2)o1. The van der Waals surface area contributed by atoms with E-state index in [9.17, 15) is 9.59 Å². The number of hydrogen-bond acceptors (Lipinski definition) is 5. The van der Waals surface area contributed by atoms with Crippen LogP contribution in [0.1, 0.15) is 30.8 Å². The van der Waals surface area contributed by atoms with E-state index in [4.69, 9.17) is 4.42 Å². The number of piperidine rings is 1. The minimum atomic E-state index is -0.197. The molecule has 0 aromatic carbocycles. The van der Waals surface area contributed by atoms with Gasteiger partial charge < -0.3 is 19.6 Å². The number of aryl methyl sites for hydroxylation is 2. The van der Waals surface area contributed by atoms with E-state index in [1.165, 1.54) is 6.20 Å². The summed E-state index contributed by atoms with van der Waals surface area (Å²) in [6.45, 7) is 3.27. The second-order valence-corrected chi connectivity index (χ2v) is 6.11. The molecule has 0 bridgehead atoms. The molecule has 24 heavy (non-hydrogen) atoms. The maximum atomic E-state index is 12.1. The Balaban J connectivity index is 1.52. The van der Waals surface area contributed by atoms with Crippen LogP contribution in [-0.4, -0.2) is 35.0 Å². The summed E-state index contributed by atoms with van der Waals surface area (Å²) in [6.07, 6.45) is 5.91. The van der Waals surface area contributed by atoms with Crippen molar-refractivity contribution in [2.45, 2.75) is 38.6 Å². The van der Waals surface area contributed by atoms with E-state index < -0.39 is 0 Å². The van der Waals surface area contributed by atoms with Gasteiger partial charge in [0.1, 0.15) is 11.5 Å². The van der Waals surface area contributed by atoms with Crippen LogP contribution in [0, 0.1) is 6.92 Å². The molecule has 7 nitrogen and oxygen atoms in total. The number of rotatable bonds is 5. The largest absolute Gasteiger partial charge is 0.466 e. The van der Waals surface area contributed by atoms with Gasteiger partial charge in [0.25, 0.3) is 5.56 Å². The number of carbonyl (C=O) groups excluding carboxylic acids is 1. The van der Waals surface area contributed by atoms with Crippen LogP contribution in [0.25, 0.3) is 0 Å². The summed E-state index contributed by atoms with van der Waals surface area (Å²) in [5.74, 6) is 2.11. The van der Waals surface area contributed by atoms with Gasteiger partial charge in [0.05, 0.1) is 0 Å². The van der Waals surface area contributed by atoms with Crippen molar-refractivity contribution in [1.82, 2.24) is 15.3 Å².